The molecule has 0 aliphatic rings. The highest BCUT2D eigenvalue weighted by Crippen LogP contribution is 2.10. The summed E-state index contributed by atoms with van der Waals surface area (Å²) in [4.78, 5) is 19.0. The molecule has 14 heavy (non-hydrogen) atoms. The maximum Gasteiger partial charge on any atom is 0.319 e. The van der Waals surface area contributed by atoms with Gasteiger partial charge in [0.25, 0.3) is 0 Å². The summed E-state index contributed by atoms with van der Waals surface area (Å²) in [7, 11) is 5.26. The molecule has 5 heteroatoms. The van der Waals surface area contributed by atoms with E-state index in [1.807, 2.05) is 12.3 Å². The molecule has 78 valence electrons. The fourth-order valence-corrected chi connectivity index (χ4v) is 1.74. The molecule has 1 aromatic heterocycles. The predicted molar refractivity (Wildman–Crippen MR) is 57.4 cm³/mol. The summed E-state index contributed by atoms with van der Waals surface area (Å²) >= 11 is 1.60. The zero-order valence-electron chi connectivity index (χ0n) is 8.94. The lowest BCUT2D eigenvalue weighted by molar-refractivity contribution is 0.179. The van der Waals surface area contributed by atoms with Crippen LogP contribution >= 0.6 is 11.3 Å². The van der Waals surface area contributed by atoms with Gasteiger partial charge in [0, 0.05) is 26.5 Å². The molecule has 0 spiro atoms. The molecule has 1 aromatic rings. The van der Waals surface area contributed by atoms with E-state index in [9.17, 15) is 4.79 Å². The molecule has 0 aliphatic carbocycles. The van der Waals surface area contributed by atoms with E-state index >= 15 is 0 Å². The smallest absolute Gasteiger partial charge is 0.319 e. The van der Waals surface area contributed by atoms with Gasteiger partial charge in [-0.05, 0) is 6.92 Å². The van der Waals surface area contributed by atoms with Gasteiger partial charge in [-0.2, -0.15) is 0 Å². The van der Waals surface area contributed by atoms with E-state index in [-0.39, 0.29) is 6.03 Å². The molecular weight excluding hydrogens is 198 g/mol. The Morgan fingerprint density at radius 1 is 1.50 bits per heavy atom. The van der Waals surface area contributed by atoms with Crippen molar-refractivity contribution in [3.63, 3.8) is 0 Å². The normalized spacial score (nSPS) is 10.0. The molecule has 0 aromatic carbocycles. The van der Waals surface area contributed by atoms with Crippen LogP contribution in [-0.4, -0.2) is 42.0 Å². The summed E-state index contributed by atoms with van der Waals surface area (Å²) < 4.78 is 0. The summed E-state index contributed by atoms with van der Waals surface area (Å²) in [6.07, 6.45) is 0. The minimum atomic E-state index is -0.00402. The zero-order chi connectivity index (χ0) is 10.7. The Balaban J connectivity index is 2.57. The lowest BCUT2D eigenvalue weighted by Gasteiger charge is -2.20. The van der Waals surface area contributed by atoms with Crippen LogP contribution in [0.1, 0.15) is 10.7 Å². The second-order valence-electron chi connectivity index (χ2n) is 3.39. The molecule has 2 amide bonds. The van der Waals surface area contributed by atoms with Crippen molar-refractivity contribution in [1.29, 1.82) is 0 Å². The van der Waals surface area contributed by atoms with Crippen LogP contribution in [0, 0.1) is 6.92 Å². The van der Waals surface area contributed by atoms with Crippen molar-refractivity contribution < 1.29 is 4.79 Å². The Hall–Kier alpha value is -1.10. The molecule has 0 saturated carbocycles. The third kappa shape index (κ3) is 2.70. The van der Waals surface area contributed by atoms with Gasteiger partial charge in [-0.3, -0.25) is 0 Å². The van der Waals surface area contributed by atoms with Gasteiger partial charge in [-0.15, -0.1) is 11.3 Å². The molecule has 1 heterocycles. The number of amides is 2. The molecule has 0 bridgehead atoms. The third-order valence-electron chi connectivity index (χ3n) is 1.77. The third-order valence-corrected chi connectivity index (χ3v) is 2.60. The van der Waals surface area contributed by atoms with Crippen LogP contribution in [-0.2, 0) is 6.54 Å². The van der Waals surface area contributed by atoms with Crippen LogP contribution in [0.15, 0.2) is 5.38 Å². The maximum absolute atomic E-state index is 11.5. The lowest BCUT2D eigenvalue weighted by atomic mass is 10.4. The van der Waals surface area contributed by atoms with Crippen molar-refractivity contribution >= 4 is 17.4 Å². The summed E-state index contributed by atoms with van der Waals surface area (Å²) in [5.41, 5.74) is 0.949. The maximum atomic E-state index is 11.5. The zero-order valence-corrected chi connectivity index (χ0v) is 9.76. The minimum absolute atomic E-state index is 0.00402. The Kier molecular flexibility index (Phi) is 3.46. The SMILES string of the molecule is Cc1nc(CN(C)C(=O)N(C)C)cs1. The number of rotatable bonds is 2. The van der Waals surface area contributed by atoms with E-state index < -0.39 is 0 Å². The summed E-state index contributed by atoms with van der Waals surface area (Å²) in [5, 5.41) is 3.01. The first-order valence-electron chi connectivity index (χ1n) is 4.34. The predicted octanol–water partition coefficient (Wildman–Crippen LogP) is 1.56. The van der Waals surface area contributed by atoms with Crippen molar-refractivity contribution in [2.24, 2.45) is 0 Å². The van der Waals surface area contributed by atoms with Gasteiger partial charge in [-0.1, -0.05) is 0 Å². The van der Waals surface area contributed by atoms with E-state index in [4.69, 9.17) is 0 Å². The second kappa shape index (κ2) is 4.41. The summed E-state index contributed by atoms with van der Waals surface area (Å²) in [6.45, 7) is 2.53. The largest absolute Gasteiger partial charge is 0.331 e. The molecule has 0 aliphatic heterocycles. The lowest BCUT2D eigenvalue weighted by Crippen LogP contribution is -2.35. The highest BCUT2D eigenvalue weighted by Gasteiger charge is 2.11. The van der Waals surface area contributed by atoms with E-state index in [1.54, 1.807) is 42.3 Å². The second-order valence-corrected chi connectivity index (χ2v) is 4.45. The first kappa shape index (κ1) is 11.0. The Morgan fingerprint density at radius 3 is 2.57 bits per heavy atom. The molecular formula is C9H15N3OS. The first-order valence-corrected chi connectivity index (χ1v) is 5.22. The van der Waals surface area contributed by atoms with Crippen molar-refractivity contribution in [2.75, 3.05) is 21.1 Å². The van der Waals surface area contributed by atoms with Gasteiger partial charge in [0.1, 0.15) is 0 Å². The van der Waals surface area contributed by atoms with Gasteiger partial charge in [0.2, 0.25) is 0 Å². The van der Waals surface area contributed by atoms with Crippen LogP contribution in [0.4, 0.5) is 4.79 Å². The number of urea groups is 1. The summed E-state index contributed by atoms with van der Waals surface area (Å²) in [5.74, 6) is 0. The van der Waals surface area contributed by atoms with Crippen LogP contribution in [0.3, 0.4) is 0 Å². The van der Waals surface area contributed by atoms with Crippen molar-refractivity contribution in [3.05, 3.63) is 16.1 Å². The number of aromatic nitrogens is 1. The standard InChI is InChI=1S/C9H15N3OS/c1-7-10-8(6-14-7)5-12(4)9(13)11(2)3/h6H,5H2,1-4H3. The van der Waals surface area contributed by atoms with Gasteiger partial charge >= 0.3 is 6.03 Å². The number of carbonyl (C=O) groups excluding carboxylic acids is 1. The average molecular weight is 213 g/mol. The van der Waals surface area contributed by atoms with Crippen molar-refractivity contribution in [1.82, 2.24) is 14.8 Å². The van der Waals surface area contributed by atoms with Crippen LogP contribution in [0.2, 0.25) is 0 Å². The highest BCUT2D eigenvalue weighted by atomic mass is 32.1. The molecule has 0 radical (unpaired) electrons. The molecule has 0 N–H and O–H groups in total. The van der Waals surface area contributed by atoms with Gasteiger partial charge < -0.3 is 9.80 Å². The molecule has 0 fully saturated rings. The van der Waals surface area contributed by atoms with E-state index in [1.165, 1.54) is 0 Å². The fourth-order valence-electron chi connectivity index (χ4n) is 1.13. The number of thiazole rings is 1. The van der Waals surface area contributed by atoms with Crippen molar-refractivity contribution in [2.45, 2.75) is 13.5 Å². The number of hydrogen-bond donors (Lipinski definition) is 0. The Bertz CT molecular complexity index is 322. The number of aryl methyl sites for hydroxylation is 1. The summed E-state index contributed by atoms with van der Waals surface area (Å²) in [6, 6.07) is -0.00402. The number of carbonyl (C=O) groups is 1. The van der Waals surface area contributed by atoms with E-state index in [2.05, 4.69) is 4.98 Å². The van der Waals surface area contributed by atoms with Crippen LogP contribution in [0.5, 0.6) is 0 Å². The molecule has 0 saturated heterocycles. The highest BCUT2D eigenvalue weighted by molar-refractivity contribution is 7.09. The van der Waals surface area contributed by atoms with Crippen molar-refractivity contribution in [3.8, 4) is 0 Å². The minimum Gasteiger partial charge on any atom is -0.331 e. The van der Waals surface area contributed by atoms with E-state index in [0.717, 1.165) is 10.7 Å². The molecule has 4 nitrogen and oxygen atoms in total. The van der Waals surface area contributed by atoms with E-state index in [0.29, 0.717) is 6.54 Å². The molecule has 0 atom stereocenters. The van der Waals surface area contributed by atoms with Gasteiger partial charge in [-0.25, -0.2) is 9.78 Å². The fraction of sp³-hybridized carbons (Fsp3) is 0.556. The number of nitrogens with zero attached hydrogens (tertiary/aromatic N) is 3. The number of hydrogen-bond acceptors (Lipinski definition) is 3. The quantitative estimate of drug-likeness (QED) is 0.747. The first-order chi connectivity index (χ1) is 6.50. The average Bonchev–Trinajstić information content (AvgIpc) is 2.49. The Labute approximate surface area is 88.2 Å². The monoisotopic (exact) mass is 213 g/mol. The Morgan fingerprint density at radius 2 is 2.14 bits per heavy atom. The molecule has 0 unspecified atom stereocenters. The van der Waals surface area contributed by atoms with Gasteiger partial charge in [0.15, 0.2) is 0 Å². The van der Waals surface area contributed by atoms with Gasteiger partial charge in [0.05, 0.1) is 17.2 Å². The molecule has 1 rings (SSSR count). The topological polar surface area (TPSA) is 36.4 Å². The van der Waals surface area contributed by atoms with Crippen LogP contribution < -0.4 is 0 Å². The van der Waals surface area contributed by atoms with Crippen LogP contribution in [0.25, 0.3) is 0 Å².